The van der Waals surface area contributed by atoms with Gasteiger partial charge in [0.15, 0.2) is 0 Å². The maximum absolute atomic E-state index is 2.77. The lowest BCUT2D eigenvalue weighted by Crippen LogP contribution is -2.41. The van der Waals surface area contributed by atoms with E-state index in [0.717, 1.165) is 5.54 Å². The van der Waals surface area contributed by atoms with Crippen LogP contribution < -0.4 is 0 Å². The normalized spacial score (nSPS) is 15.9. The van der Waals surface area contributed by atoms with Crippen molar-refractivity contribution in [2.45, 2.75) is 65.5 Å². The summed E-state index contributed by atoms with van der Waals surface area (Å²) in [6.07, 6.45) is 4.18. The molecule has 0 rings (SSSR count). The molecule has 2 atom stereocenters. The number of nitrogens with zero attached hydrogens (tertiary/aromatic N) is 1. The summed E-state index contributed by atoms with van der Waals surface area (Å²) in [5.41, 5.74) is 0.987. The topological polar surface area (TPSA) is 3.24 Å². The molecule has 0 saturated heterocycles. The molecule has 0 spiro atoms. The quantitative estimate of drug-likeness (QED) is 0.559. The number of unbranched alkanes of at least 4 members (excludes halogenated alkanes) is 1. The van der Waals surface area contributed by atoms with E-state index in [4.69, 9.17) is 0 Å². The van der Waals surface area contributed by atoms with Gasteiger partial charge in [-0.15, -0.1) is 0 Å². The van der Waals surface area contributed by atoms with E-state index in [-0.39, 0.29) is 0 Å². The zero-order valence-corrected chi connectivity index (χ0v) is 12.0. The van der Waals surface area contributed by atoms with Crippen LogP contribution in [0.1, 0.15) is 53.9 Å². The summed E-state index contributed by atoms with van der Waals surface area (Å²) in [6.45, 7) is 14.3. The first kappa shape index (κ1) is 14.2. The Hall–Kier alpha value is 0.177. The molecule has 0 aromatic rings. The smallest absolute Gasteiger partial charge is 0.114 e. The van der Waals surface area contributed by atoms with Crippen molar-refractivity contribution in [2.24, 2.45) is 0 Å². The molecule has 0 saturated carbocycles. The minimum atomic E-state index is -0.627. The molecule has 0 aromatic heterocycles. The lowest BCUT2D eigenvalue weighted by Gasteiger charge is -2.32. The van der Waals surface area contributed by atoms with Crippen molar-refractivity contribution in [3.05, 3.63) is 0 Å². The molecular weight excluding hydrogens is 186 g/mol. The predicted molar refractivity (Wildman–Crippen MR) is 69.5 cm³/mol. The van der Waals surface area contributed by atoms with Gasteiger partial charge in [-0.3, -0.25) is 0 Å². The van der Waals surface area contributed by atoms with E-state index in [1.807, 2.05) is 0 Å². The molecule has 14 heavy (non-hydrogen) atoms. The Kier molecular flexibility index (Phi) is 8.59. The molecule has 0 heterocycles. The van der Waals surface area contributed by atoms with Crippen LogP contribution in [-0.2, 0) is 0 Å². The highest BCUT2D eigenvalue weighted by atomic mass is 28.3. The first-order valence-electron chi connectivity index (χ1n) is 6.45. The van der Waals surface area contributed by atoms with E-state index < -0.39 is 8.96 Å². The van der Waals surface area contributed by atoms with Crippen molar-refractivity contribution in [1.29, 1.82) is 0 Å². The number of hydrogen-bond donors (Lipinski definition) is 0. The maximum atomic E-state index is 2.77. The van der Waals surface area contributed by atoms with Crippen molar-refractivity contribution in [3.8, 4) is 0 Å². The van der Waals surface area contributed by atoms with E-state index in [1.54, 1.807) is 0 Å². The molecule has 1 nitrogen and oxygen atoms in total. The SMILES string of the molecule is CCCC[SiH](C(C)CC)N(CC)CC. The fourth-order valence-corrected chi connectivity index (χ4v) is 6.17. The standard InChI is InChI=1S/C12H29NSi/c1-6-10-11-14(12(5)7-2)13(8-3)9-4/h12,14H,6-11H2,1-5H3. The van der Waals surface area contributed by atoms with Crippen LogP contribution >= 0.6 is 0 Å². The van der Waals surface area contributed by atoms with E-state index in [1.165, 1.54) is 38.4 Å². The van der Waals surface area contributed by atoms with Crippen molar-refractivity contribution in [1.82, 2.24) is 4.57 Å². The van der Waals surface area contributed by atoms with Crippen molar-refractivity contribution in [3.63, 3.8) is 0 Å². The van der Waals surface area contributed by atoms with Gasteiger partial charge in [0, 0.05) is 0 Å². The van der Waals surface area contributed by atoms with Gasteiger partial charge in [-0.05, 0) is 24.7 Å². The second-order valence-corrected chi connectivity index (χ2v) is 7.90. The fourth-order valence-electron chi connectivity index (χ4n) is 2.20. The fraction of sp³-hybridized carbons (Fsp3) is 1.00. The third-order valence-corrected chi connectivity index (χ3v) is 7.89. The molecule has 0 aliphatic rings. The summed E-state index contributed by atoms with van der Waals surface area (Å²) in [5, 5.41) is 0. The van der Waals surface area contributed by atoms with Crippen LogP contribution in [0.5, 0.6) is 0 Å². The van der Waals surface area contributed by atoms with Gasteiger partial charge in [-0.1, -0.05) is 53.9 Å². The Balaban J connectivity index is 4.19. The Morgan fingerprint density at radius 1 is 1.07 bits per heavy atom. The average molecular weight is 215 g/mol. The number of hydrogen-bond acceptors (Lipinski definition) is 1. The Bertz CT molecular complexity index is 123. The van der Waals surface area contributed by atoms with Crippen LogP contribution in [0.15, 0.2) is 0 Å². The van der Waals surface area contributed by atoms with Crippen LogP contribution in [0.3, 0.4) is 0 Å². The highest BCUT2D eigenvalue weighted by molar-refractivity contribution is 6.57. The van der Waals surface area contributed by atoms with Crippen molar-refractivity contribution >= 4 is 8.96 Å². The average Bonchev–Trinajstić information content (AvgIpc) is 2.23. The van der Waals surface area contributed by atoms with E-state index in [0.29, 0.717) is 0 Å². The largest absolute Gasteiger partial charge is 0.326 e. The second kappa shape index (κ2) is 8.48. The highest BCUT2D eigenvalue weighted by Gasteiger charge is 2.22. The van der Waals surface area contributed by atoms with Crippen LogP contribution in [0.4, 0.5) is 0 Å². The molecule has 0 radical (unpaired) electrons. The van der Waals surface area contributed by atoms with Gasteiger partial charge in [0.2, 0.25) is 0 Å². The summed E-state index contributed by atoms with van der Waals surface area (Å²) in [5.74, 6) is 0. The lowest BCUT2D eigenvalue weighted by atomic mass is 10.4. The summed E-state index contributed by atoms with van der Waals surface area (Å²) in [4.78, 5) is 0. The maximum Gasteiger partial charge on any atom is 0.114 e. The third-order valence-electron chi connectivity index (χ3n) is 3.44. The molecule has 0 aromatic carbocycles. The summed E-state index contributed by atoms with van der Waals surface area (Å²) in [7, 11) is -0.627. The molecular formula is C12H29NSi. The van der Waals surface area contributed by atoms with Gasteiger partial charge < -0.3 is 4.57 Å². The molecule has 2 heteroatoms. The molecule has 0 aliphatic heterocycles. The molecule has 0 N–H and O–H groups in total. The van der Waals surface area contributed by atoms with Gasteiger partial charge >= 0.3 is 0 Å². The summed E-state index contributed by atoms with van der Waals surface area (Å²) >= 11 is 0. The first-order valence-corrected chi connectivity index (χ1v) is 8.45. The molecule has 0 amide bonds. The van der Waals surface area contributed by atoms with Crippen LogP contribution in [0.2, 0.25) is 11.6 Å². The zero-order chi connectivity index (χ0) is 11.0. The van der Waals surface area contributed by atoms with Crippen LogP contribution in [0.25, 0.3) is 0 Å². The zero-order valence-electron chi connectivity index (χ0n) is 10.8. The second-order valence-electron chi connectivity index (χ2n) is 4.32. The Labute approximate surface area is 92.6 Å². The first-order chi connectivity index (χ1) is 6.71. The van der Waals surface area contributed by atoms with Crippen LogP contribution in [0, 0.1) is 0 Å². The van der Waals surface area contributed by atoms with Crippen molar-refractivity contribution < 1.29 is 0 Å². The molecule has 0 bridgehead atoms. The van der Waals surface area contributed by atoms with Crippen molar-refractivity contribution in [2.75, 3.05) is 13.1 Å². The van der Waals surface area contributed by atoms with E-state index in [2.05, 4.69) is 39.2 Å². The van der Waals surface area contributed by atoms with Gasteiger partial charge in [-0.2, -0.15) is 0 Å². The monoisotopic (exact) mass is 215 g/mol. The van der Waals surface area contributed by atoms with Gasteiger partial charge in [0.05, 0.1) is 0 Å². The van der Waals surface area contributed by atoms with E-state index in [9.17, 15) is 0 Å². The van der Waals surface area contributed by atoms with Crippen LogP contribution in [-0.4, -0.2) is 26.6 Å². The molecule has 0 aliphatic carbocycles. The predicted octanol–water partition coefficient (Wildman–Crippen LogP) is 3.65. The third kappa shape index (κ3) is 4.60. The minimum absolute atomic E-state index is 0.627. The van der Waals surface area contributed by atoms with Gasteiger partial charge in [0.25, 0.3) is 0 Å². The molecule has 86 valence electrons. The Morgan fingerprint density at radius 3 is 2.00 bits per heavy atom. The summed E-state index contributed by atoms with van der Waals surface area (Å²) < 4.78 is 2.77. The van der Waals surface area contributed by atoms with Gasteiger partial charge in [0.1, 0.15) is 8.96 Å². The highest BCUT2D eigenvalue weighted by Crippen LogP contribution is 2.21. The van der Waals surface area contributed by atoms with E-state index >= 15 is 0 Å². The minimum Gasteiger partial charge on any atom is -0.326 e. The lowest BCUT2D eigenvalue weighted by molar-refractivity contribution is 0.462. The molecule has 2 unspecified atom stereocenters. The Morgan fingerprint density at radius 2 is 1.64 bits per heavy atom. The molecule has 0 fully saturated rings. The summed E-state index contributed by atoms with van der Waals surface area (Å²) in [6, 6.07) is 1.52. The number of rotatable bonds is 8. The van der Waals surface area contributed by atoms with Gasteiger partial charge in [-0.25, -0.2) is 0 Å².